The molecule has 33 heavy (non-hydrogen) atoms. The number of halogens is 3. The summed E-state index contributed by atoms with van der Waals surface area (Å²) in [6.45, 7) is 4.49. The van der Waals surface area contributed by atoms with Crippen LogP contribution < -0.4 is 4.90 Å². The van der Waals surface area contributed by atoms with Crippen LogP contribution in [0.2, 0.25) is 0 Å². The molecule has 0 bridgehead atoms. The lowest BCUT2D eigenvalue weighted by atomic mass is 9.71. The number of aliphatic hydroxyl groups is 1. The minimum atomic E-state index is -4.60. The quantitative estimate of drug-likeness (QED) is 0.756. The molecular formula is C23H26F3N5O2. The van der Waals surface area contributed by atoms with E-state index in [0.717, 1.165) is 6.07 Å². The molecule has 0 saturated carbocycles. The van der Waals surface area contributed by atoms with Crippen LogP contribution >= 0.6 is 0 Å². The first-order chi connectivity index (χ1) is 15.7. The molecule has 1 aromatic heterocycles. The monoisotopic (exact) mass is 461 g/mol. The summed E-state index contributed by atoms with van der Waals surface area (Å²) in [7, 11) is 0. The van der Waals surface area contributed by atoms with E-state index in [9.17, 15) is 23.1 Å². The second-order valence-corrected chi connectivity index (χ2v) is 8.81. The third-order valence-corrected chi connectivity index (χ3v) is 7.06. The number of piperidine rings is 1. The van der Waals surface area contributed by atoms with Crippen LogP contribution in [0.3, 0.4) is 0 Å². The van der Waals surface area contributed by atoms with E-state index in [2.05, 4.69) is 5.10 Å². The molecule has 2 aliphatic rings. The summed E-state index contributed by atoms with van der Waals surface area (Å²) in [6.07, 6.45) is -1.55. The van der Waals surface area contributed by atoms with Gasteiger partial charge < -0.3 is 14.9 Å². The Balaban J connectivity index is 1.49. The van der Waals surface area contributed by atoms with E-state index >= 15 is 0 Å². The number of hydrogen-bond acceptors (Lipinski definition) is 5. The van der Waals surface area contributed by atoms with Crippen molar-refractivity contribution in [3.8, 4) is 6.07 Å². The molecule has 2 aromatic rings. The van der Waals surface area contributed by atoms with Crippen molar-refractivity contribution in [3.05, 3.63) is 47.3 Å². The molecule has 2 fully saturated rings. The van der Waals surface area contributed by atoms with Gasteiger partial charge >= 0.3 is 6.18 Å². The minimum absolute atomic E-state index is 0.0533. The molecule has 1 spiro atoms. The molecule has 2 saturated heterocycles. The van der Waals surface area contributed by atoms with Crippen molar-refractivity contribution in [2.24, 2.45) is 11.3 Å². The van der Waals surface area contributed by atoms with Crippen LogP contribution in [0.25, 0.3) is 0 Å². The molecule has 2 aliphatic heterocycles. The largest absolute Gasteiger partial charge is 0.417 e. The summed E-state index contributed by atoms with van der Waals surface area (Å²) in [5.41, 5.74) is -0.808. The second kappa shape index (κ2) is 8.71. The Kier molecular flexibility index (Phi) is 6.10. The molecule has 10 heteroatoms. The van der Waals surface area contributed by atoms with Gasteiger partial charge in [-0.25, -0.2) is 0 Å². The molecule has 3 heterocycles. The molecule has 1 N–H and O–H groups in total. The topological polar surface area (TPSA) is 85.4 Å². The molecule has 1 unspecified atom stereocenters. The lowest BCUT2D eigenvalue weighted by molar-refractivity contribution is -0.137. The fraction of sp³-hybridized carbons (Fsp3) is 0.522. The lowest BCUT2D eigenvalue weighted by Gasteiger charge is -2.43. The first-order valence-electron chi connectivity index (χ1n) is 11.0. The molecule has 7 nitrogen and oxygen atoms in total. The van der Waals surface area contributed by atoms with Crippen LogP contribution in [0.1, 0.15) is 41.4 Å². The second-order valence-electron chi connectivity index (χ2n) is 8.81. The van der Waals surface area contributed by atoms with Crippen LogP contribution in [0, 0.1) is 22.7 Å². The highest BCUT2D eigenvalue weighted by molar-refractivity contribution is 5.92. The highest BCUT2D eigenvalue weighted by atomic mass is 19.4. The van der Waals surface area contributed by atoms with Crippen LogP contribution in [0.5, 0.6) is 0 Å². The normalized spacial score (nSPS) is 20.3. The average molecular weight is 461 g/mol. The number of carbonyl (C=O) groups excluding carboxylic acids is 1. The maximum Gasteiger partial charge on any atom is 0.417 e. The zero-order valence-corrected chi connectivity index (χ0v) is 18.3. The number of hydrogen-bond donors (Lipinski definition) is 1. The average Bonchev–Trinajstić information content (AvgIpc) is 3.43. The molecule has 0 radical (unpaired) electrons. The summed E-state index contributed by atoms with van der Waals surface area (Å²) < 4.78 is 41.8. The first kappa shape index (κ1) is 23.1. The van der Waals surface area contributed by atoms with Crippen molar-refractivity contribution in [2.75, 3.05) is 37.7 Å². The first-order valence-corrected chi connectivity index (χ1v) is 11.0. The summed E-state index contributed by atoms with van der Waals surface area (Å²) in [6, 6.07) is 7.09. The number of aryl methyl sites for hydroxylation is 1. The Morgan fingerprint density at radius 3 is 2.61 bits per heavy atom. The number of rotatable bonds is 4. The third-order valence-electron chi connectivity index (χ3n) is 7.06. The van der Waals surface area contributed by atoms with Gasteiger partial charge in [0.2, 0.25) is 0 Å². The Bertz CT molecular complexity index is 1070. The van der Waals surface area contributed by atoms with Gasteiger partial charge in [0, 0.05) is 57.1 Å². The van der Waals surface area contributed by atoms with Crippen molar-refractivity contribution in [1.82, 2.24) is 14.7 Å². The Labute approximate surface area is 190 Å². The van der Waals surface area contributed by atoms with Crippen molar-refractivity contribution < 1.29 is 23.1 Å². The smallest absolute Gasteiger partial charge is 0.396 e. The zero-order chi connectivity index (χ0) is 23.8. The summed E-state index contributed by atoms with van der Waals surface area (Å²) in [5, 5.41) is 23.3. The number of benzene rings is 1. The van der Waals surface area contributed by atoms with Crippen molar-refractivity contribution in [1.29, 1.82) is 5.26 Å². The molecule has 1 aromatic carbocycles. The number of aliphatic hydroxyl groups excluding tert-OH is 1. The van der Waals surface area contributed by atoms with E-state index < -0.39 is 17.3 Å². The highest BCUT2D eigenvalue weighted by Crippen LogP contribution is 2.46. The van der Waals surface area contributed by atoms with E-state index in [0.29, 0.717) is 56.9 Å². The fourth-order valence-electron chi connectivity index (χ4n) is 5.09. The Hall–Kier alpha value is -3.06. The van der Waals surface area contributed by atoms with Gasteiger partial charge in [0.05, 0.1) is 17.2 Å². The van der Waals surface area contributed by atoms with E-state index in [1.807, 2.05) is 11.8 Å². The lowest BCUT2D eigenvalue weighted by Crippen LogP contribution is -2.45. The molecular weight excluding hydrogens is 435 g/mol. The Morgan fingerprint density at radius 1 is 1.30 bits per heavy atom. The van der Waals surface area contributed by atoms with Gasteiger partial charge in [0.15, 0.2) is 0 Å². The molecule has 0 aliphatic carbocycles. The van der Waals surface area contributed by atoms with Crippen molar-refractivity contribution >= 4 is 11.6 Å². The van der Waals surface area contributed by atoms with Crippen LogP contribution in [0.15, 0.2) is 30.5 Å². The summed E-state index contributed by atoms with van der Waals surface area (Å²) in [5.74, 6) is -0.259. The number of nitriles is 1. The predicted octanol–water partition coefficient (Wildman–Crippen LogP) is 3.14. The SMILES string of the molecule is CCn1ccc(C(=O)N2CC(CO)C3(CCN(c4ccc(C#N)c(C(F)(F)F)c4)CC3)C2)n1. The van der Waals surface area contributed by atoms with Crippen molar-refractivity contribution in [2.45, 2.75) is 32.5 Å². The molecule has 176 valence electrons. The zero-order valence-electron chi connectivity index (χ0n) is 18.3. The maximum absolute atomic E-state index is 13.4. The van der Waals surface area contributed by atoms with Crippen LogP contribution in [0.4, 0.5) is 18.9 Å². The molecule has 4 rings (SSSR count). The van der Waals surface area contributed by atoms with Crippen LogP contribution in [-0.4, -0.2) is 58.5 Å². The fourth-order valence-corrected chi connectivity index (χ4v) is 5.09. The molecule has 1 atom stereocenters. The van der Waals surface area contributed by atoms with E-state index in [-0.39, 0.29) is 23.8 Å². The van der Waals surface area contributed by atoms with E-state index in [4.69, 9.17) is 5.26 Å². The summed E-state index contributed by atoms with van der Waals surface area (Å²) >= 11 is 0. The van der Waals surface area contributed by atoms with E-state index in [1.54, 1.807) is 34.0 Å². The van der Waals surface area contributed by atoms with Gasteiger partial charge in [0.1, 0.15) is 5.69 Å². The maximum atomic E-state index is 13.4. The number of alkyl halides is 3. The van der Waals surface area contributed by atoms with Crippen molar-refractivity contribution in [3.63, 3.8) is 0 Å². The number of aromatic nitrogens is 2. The number of carbonyl (C=O) groups is 1. The van der Waals surface area contributed by atoms with Gasteiger partial charge in [-0.1, -0.05) is 0 Å². The van der Waals surface area contributed by atoms with E-state index in [1.165, 1.54) is 6.07 Å². The number of likely N-dealkylation sites (tertiary alicyclic amines) is 1. The molecule has 1 amide bonds. The number of amides is 1. The predicted molar refractivity (Wildman–Crippen MR) is 114 cm³/mol. The van der Waals surface area contributed by atoms with Gasteiger partial charge in [0.25, 0.3) is 5.91 Å². The van der Waals surface area contributed by atoms with Gasteiger partial charge in [-0.15, -0.1) is 0 Å². The number of anilines is 1. The highest BCUT2D eigenvalue weighted by Gasteiger charge is 2.49. The Morgan fingerprint density at radius 2 is 2.03 bits per heavy atom. The van der Waals surface area contributed by atoms with Gasteiger partial charge in [-0.2, -0.15) is 23.5 Å². The van der Waals surface area contributed by atoms with Crippen LogP contribution in [-0.2, 0) is 12.7 Å². The third kappa shape index (κ3) is 4.29. The number of nitrogens with zero attached hydrogens (tertiary/aromatic N) is 5. The summed E-state index contributed by atoms with van der Waals surface area (Å²) in [4.78, 5) is 16.6. The minimum Gasteiger partial charge on any atom is -0.396 e. The van der Waals surface area contributed by atoms with Gasteiger partial charge in [-0.05, 0) is 49.4 Å². The van der Waals surface area contributed by atoms with Gasteiger partial charge in [-0.3, -0.25) is 9.48 Å². The standard InChI is InChI=1S/C23H26F3N5O2/c1-2-31-8-5-20(28-31)21(33)30-13-17(14-32)22(15-30)6-9-29(10-7-22)18-4-3-16(12-27)19(11-18)23(24,25)26/h3-5,8,11,17,32H,2,6-7,9-10,13-15H2,1H3.